The van der Waals surface area contributed by atoms with Crippen LogP contribution in [0.1, 0.15) is 0 Å². The summed E-state index contributed by atoms with van der Waals surface area (Å²) in [7, 11) is 3.68. The molecule has 5 nitrogen and oxygen atoms in total. The molecule has 1 saturated heterocycles. The molecule has 5 heteroatoms. The van der Waals surface area contributed by atoms with Crippen molar-refractivity contribution in [3.63, 3.8) is 0 Å². The number of nitrogens with one attached hydrogen (secondary N) is 1. The van der Waals surface area contributed by atoms with Crippen LogP contribution in [0, 0.1) is 0 Å². The Morgan fingerprint density at radius 1 is 1.43 bits per heavy atom. The second-order valence-electron chi connectivity index (χ2n) is 3.75. The van der Waals surface area contributed by atoms with Crippen LogP contribution < -0.4 is 5.32 Å². The Morgan fingerprint density at radius 3 is 2.64 bits per heavy atom. The molecule has 1 fully saturated rings. The van der Waals surface area contributed by atoms with Crippen LogP contribution in [0.2, 0.25) is 0 Å². The lowest BCUT2D eigenvalue weighted by Crippen LogP contribution is -2.46. The van der Waals surface area contributed by atoms with E-state index in [2.05, 4.69) is 10.2 Å². The molecule has 0 aliphatic carbocycles. The fraction of sp³-hybridized carbons (Fsp3) is 1.00. The Kier molecular flexibility index (Phi) is 5.36. The predicted molar refractivity (Wildman–Crippen MR) is 55.0 cm³/mol. The lowest BCUT2D eigenvalue weighted by molar-refractivity contribution is 0.00319. The van der Waals surface area contributed by atoms with E-state index in [1.165, 1.54) is 0 Å². The van der Waals surface area contributed by atoms with Gasteiger partial charge >= 0.3 is 0 Å². The topological polar surface area (TPSA) is 48.0 Å². The molecule has 1 atom stereocenters. The van der Waals surface area contributed by atoms with E-state index in [-0.39, 0.29) is 0 Å². The van der Waals surface area contributed by atoms with E-state index >= 15 is 0 Å². The van der Waals surface area contributed by atoms with Gasteiger partial charge in [0.1, 0.15) is 0 Å². The van der Waals surface area contributed by atoms with Gasteiger partial charge in [-0.2, -0.15) is 0 Å². The van der Waals surface area contributed by atoms with E-state index in [9.17, 15) is 5.11 Å². The van der Waals surface area contributed by atoms with Crippen LogP contribution in [-0.2, 0) is 4.74 Å². The van der Waals surface area contributed by atoms with Crippen molar-refractivity contribution in [2.24, 2.45) is 0 Å². The molecule has 1 unspecified atom stereocenters. The third kappa shape index (κ3) is 4.34. The summed E-state index contributed by atoms with van der Waals surface area (Å²) in [5.41, 5.74) is 0. The number of hydrogen-bond donors (Lipinski definition) is 2. The van der Waals surface area contributed by atoms with Crippen molar-refractivity contribution in [3.05, 3.63) is 0 Å². The minimum Gasteiger partial charge on any atom is -0.379 e. The molecule has 0 aromatic carbocycles. The summed E-state index contributed by atoms with van der Waals surface area (Å²) in [5, 5.41) is 12.5. The highest BCUT2D eigenvalue weighted by Gasteiger charge is 2.10. The Labute approximate surface area is 85.6 Å². The quantitative estimate of drug-likeness (QED) is 0.547. The highest BCUT2D eigenvalue weighted by molar-refractivity contribution is 4.63. The van der Waals surface area contributed by atoms with Gasteiger partial charge in [-0.05, 0) is 14.1 Å². The summed E-state index contributed by atoms with van der Waals surface area (Å²) in [4.78, 5) is 4.07. The van der Waals surface area contributed by atoms with Gasteiger partial charge in [0.05, 0.1) is 13.2 Å². The van der Waals surface area contributed by atoms with E-state index in [1.807, 2.05) is 14.1 Å². The van der Waals surface area contributed by atoms with Crippen molar-refractivity contribution in [2.45, 2.75) is 6.35 Å². The zero-order chi connectivity index (χ0) is 10.4. The number of hydrogen-bond acceptors (Lipinski definition) is 5. The van der Waals surface area contributed by atoms with Gasteiger partial charge < -0.3 is 9.84 Å². The van der Waals surface area contributed by atoms with Gasteiger partial charge in [-0.15, -0.1) is 0 Å². The molecule has 0 amide bonds. The van der Waals surface area contributed by atoms with Crippen LogP contribution in [0.4, 0.5) is 0 Å². The van der Waals surface area contributed by atoms with Crippen molar-refractivity contribution < 1.29 is 9.84 Å². The molecule has 1 rings (SSSR count). The fourth-order valence-electron chi connectivity index (χ4n) is 1.36. The molecule has 84 valence electrons. The number of morpholine rings is 1. The molecular weight excluding hydrogens is 182 g/mol. The molecule has 0 bridgehead atoms. The van der Waals surface area contributed by atoms with Gasteiger partial charge in [-0.3, -0.25) is 15.1 Å². The summed E-state index contributed by atoms with van der Waals surface area (Å²) in [6.07, 6.45) is -0.545. The van der Waals surface area contributed by atoms with Gasteiger partial charge in [-0.1, -0.05) is 0 Å². The number of rotatable bonds is 5. The first kappa shape index (κ1) is 11.9. The first-order chi connectivity index (χ1) is 6.70. The van der Waals surface area contributed by atoms with Crippen molar-refractivity contribution in [3.8, 4) is 0 Å². The third-order valence-electron chi connectivity index (χ3n) is 2.35. The standard InChI is InChI=1S/C9H21N3O2/c1-11(2)9(13)10-3-4-12-5-7-14-8-6-12/h9-10,13H,3-8H2,1-2H3. The van der Waals surface area contributed by atoms with Crippen molar-refractivity contribution in [1.82, 2.24) is 15.1 Å². The predicted octanol–water partition coefficient (Wildman–Crippen LogP) is -1.25. The van der Waals surface area contributed by atoms with Crippen LogP contribution in [0.15, 0.2) is 0 Å². The maximum Gasteiger partial charge on any atom is 0.162 e. The molecule has 0 aromatic rings. The smallest absolute Gasteiger partial charge is 0.162 e. The van der Waals surface area contributed by atoms with Crippen LogP contribution in [0.25, 0.3) is 0 Å². The number of nitrogens with zero attached hydrogens (tertiary/aromatic N) is 2. The van der Waals surface area contributed by atoms with Gasteiger partial charge in [-0.25, -0.2) is 0 Å². The van der Waals surface area contributed by atoms with E-state index in [4.69, 9.17) is 4.74 Å². The molecule has 0 saturated carbocycles. The average Bonchev–Trinajstić information content (AvgIpc) is 2.19. The summed E-state index contributed by atoms with van der Waals surface area (Å²) in [5.74, 6) is 0. The Morgan fingerprint density at radius 2 is 2.07 bits per heavy atom. The Hall–Kier alpha value is -0.200. The molecule has 0 spiro atoms. The van der Waals surface area contributed by atoms with Gasteiger partial charge in [0, 0.05) is 26.2 Å². The normalized spacial score (nSPS) is 21.4. The van der Waals surface area contributed by atoms with E-state index in [0.29, 0.717) is 0 Å². The molecular formula is C9H21N3O2. The van der Waals surface area contributed by atoms with E-state index in [1.54, 1.807) is 4.90 Å². The maximum absolute atomic E-state index is 9.43. The Bertz CT molecular complexity index is 149. The summed E-state index contributed by atoms with van der Waals surface area (Å²) < 4.78 is 5.25. The molecule has 0 radical (unpaired) electrons. The fourth-order valence-corrected chi connectivity index (χ4v) is 1.36. The van der Waals surface area contributed by atoms with E-state index in [0.717, 1.165) is 39.4 Å². The zero-order valence-electron chi connectivity index (χ0n) is 9.07. The lowest BCUT2D eigenvalue weighted by Gasteiger charge is -2.27. The molecule has 1 aliphatic rings. The monoisotopic (exact) mass is 203 g/mol. The van der Waals surface area contributed by atoms with E-state index < -0.39 is 6.35 Å². The molecule has 0 aromatic heterocycles. The van der Waals surface area contributed by atoms with Crippen LogP contribution in [0.3, 0.4) is 0 Å². The number of aliphatic hydroxyl groups is 1. The summed E-state index contributed by atoms with van der Waals surface area (Å²) in [6, 6.07) is 0. The van der Waals surface area contributed by atoms with Crippen molar-refractivity contribution in [1.29, 1.82) is 0 Å². The second-order valence-corrected chi connectivity index (χ2v) is 3.75. The second kappa shape index (κ2) is 6.31. The number of ether oxygens (including phenoxy) is 1. The number of aliphatic hydroxyl groups excluding tert-OH is 1. The first-order valence-electron chi connectivity index (χ1n) is 5.08. The zero-order valence-corrected chi connectivity index (χ0v) is 9.07. The molecule has 1 aliphatic heterocycles. The van der Waals surface area contributed by atoms with Gasteiger partial charge in [0.25, 0.3) is 0 Å². The maximum atomic E-state index is 9.43. The molecule has 1 heterocycles. The van der Waals surface area contributed by atoms with Crippen LogP contribution in [0.5, 0.6) is 0 Å². The molecule has 14 heavy (non-hydrogen) atoms. The molecule has 2 N–H and O–H groups in total. The van der Waals surface area contributed by atoms with Crippen molar-refractivity contribution in [2.75, 3.05) is 53.5 Å². The van der Waals surface area contributed by atoms with Crippen molar-refractivity contribution >= 4 is 0 Å². The van der Waals surface area contributed by atoms with Gasteiger partial charge in [0.15, 0.2) is 6.35 Å². The minimum atomic E-state index is -0.545. The lowest BCUT2D eigenvalue weighted by atomic mass is 10.4. The van der Waals surface area contributed by atoms with Gasteiger partial charge in [0.2, 0.25) is 0 Å². The largest absolute Gasteiger partial charge is 0.379 e. The summed E-state index contributed by atoms with van der Waals surface area (Å²) in [6.45, 7) is 5.43. The van der Waals surface area contributed by atoms with Crippen LogP contribution >= 0.6 is 0 Å². The third-order valence-corrected chi connectivity index (χ3v) is 2.35. The SMILES string of the molecule is CN(C)C(O)NCCN1CCOCC1. The summed E-state index contributed by atoms with van der Waals surface area (Å²) >= 11 is 0. The Balaban J connectivity index is 2.02. The average molecular weight is 203 g/mol. The highest BCUT2D eigenvalue weighted by Crippen LogP contribution is 1.94. The van der Waals surface area contributed by atoms with Crippen LogP contribution in [-0.4, -0.2) is 74.7 Å². The highest BCUT2D eigenvalue weighted by atomic mass is 16.5. The first-order valence-corrected chi connectivity index (χ1v) is 5.08. The minimum absolute atomic E-state index is 0.545.